The Morgan fingerprint density at radius 1 is 1.13 bits per heavy atom. The van der Waals surface area contributed by atoms with Gasteiger partial charge in [-0.1, -0.05) is 6.07 Å². The fraction of sp³-hybridized carbons (Fsp3) is 0.333. The molecule has 0 aliphatic heterocycles. The minimum atomic E-state index is -4.67. The van der Waals surface area contributed by atoms with Crippen LogP contribution in [0, 0.1) is 11.6 Å². The fourth-order valence-electron chi connectivity index (χ4n) is 1.15. The lowest BCUT2D eigenvalue weighted by atomic mass is 10.1. The summed E-state index contributed by atoms with van der Waals surface area (Å²) in [5.41, 5.74) is -0.949. The molecule has 15 heavy (non-hydrogen) atoms. The topological polar surface area (TPSA) is 20.2 Å². The van der Waals surface area contributed by atoms with Gasteiger partial charge in [0, 0.05) is 0 Å². The highest BCUT2D eigenvalue weighted by Crippen LogP contribution is 2.31. The molecule has 6 heteroatoms. The lowest BCUT2D eigenvalue weighted by Crippen LogP contribution is -2.15. The molecule has 1 aromatic rings. The number of alkyl halides is 3. The van der Waals surface area contributed by atoms with Crippen LogP contribution in [0.15, 0.2) is 18.2 Å². The van der Waals surface area contributed by atoms with E-state index < -0.39 is 35.9 Å². The summed E-state index contributed by atoms with van der Waals surface area (Å²) in [5, 5.41) is 9.02. The average Bonchev–Trinajstić information content (AvgIpc) is 1.99. The summed E-state index contributed by atoms with van der Waals surface area (Å²) >= 11 is 0. The molecule has 0 spiro atoms. The monoisotopic (exact) mass is 226 g/mol. The zero-order valence-corrected chi connectivity index (χ0v) is 7.35. The van der Waals surface area contributed by atoms with Gasteiger partial charge in [-0.05, 0) is 12.1 Å². The van der Waals surface area contributed by atoms with E-state index in [0.717, 1.165) is 18.2 Å². The van der Waals surface area contributed by atoms with Crippen LogP contribution in [-0.2, 0) is 0 Å². The molecule has 0 saturated carbocycles. The minimum Gasteiger partial charge on any atom is -0.388 e. The van der Waals surface area contributed by atoms with Crippen LogP contribution in [0.3, 0.4) is 0 Å². The second-order valence-corrected chi connectivity index (χ2v) is 2.97. The Bertz CT molecular complexity index is 327. The van der Waals surface area contributed by atoms with Gasteiger partial charge in [-0.2, -0.15) is 13.2 Å². The van der Waals surface area contributed by atoms with Gasteiger partial charge >= 0.3 is 6.18 Å². The standard InChI is InChI=1S/C9H7F5O/c10-5-2-1-3-6(11)8(5)7(15)4-9(12,13)14/h1-3,7,15H,4H2. The highest BCUT2D eigenvalue weighted by Gasteiger charge is 2.33. The van der Waals surface area contributed by atoms with Gasteiger partial charge < -0.3 is 5.11 Å². The van der Waals surface area contributed by atoms with Crippen molar-refractivity contribution in [1.29, 1.82) is 0 Å². The van der Waals surface area contributed by atoms with Crippen molar-refractivity contribution in [2.75, 3.05) is 0 Å². The SMILES string of the molecule is OC(CC(F)(F)F)c1c(F)cccc1F. The van der Waals surface area contributed by atoms with Crippen LogP contribution in [0.2, 0.25) is 0 Å². The van der Waals surface area contributed by atoms with Crippen molar-refractivity contribution >= 4 is 0 Å². The zero-order chi connectivity index (χ0) is 11.6. The maximum Gasteiger partial charge on any atom is 0.391 e. The zero-order valence-electron chi connectivity index (χ0n) is 7.35. The number of aliphatic hydroxyl groups is 1. The van der Waals surface area contributed by atoms with Crippen LogP contribution in [-0.4, -0.2) is 11.3 Å². The first-order chi connectivity index (χ1) is 6.81. The molecule has 0 aliphatic rings. The van der Waals surface area contributed by atoms with Crippen molar-refractivity contribution in [3.63, 3.8) is 0 Å². The van der Waals surface area contributed by atoms with Crippen LogP contribution in [0.5, 0.6) is 0 Å². The summed E-state index contributed by atoms with van der Waals surface area (Å²) in [7, 11) is 0. The molecular weight excluding hydrogens is 219 g/mol. The molecule has 1 nitrogen and oxygen atoms in total. The third kappa shape index (κ3) is 3.16. The van der Waals surface area contributed by atoms with Crippen LogP contribution < -0.4 is 0 Å². The number of hydrogen-bond donors (Lipinski definition) is 1. The molecule has 1 N–H and O–H groups in total. The first-order valence-electron chi connectivity index (χ1n) is 4.00. The number of halogens is 5. The quantitative estimate of drug-likeness (QED) is 0.768. The second-order valence-electron chi connectivity index (χ2n) is 2.97. The Hall–Kier alpha value is -1.17. The first-order valence-corrected chi connectivity index (χ1v) is 4.00. The Labute approximate surface area is 82.1 Å². The van der Waals surface area contributed by atoms with E-state index >= 15 is 0 Å². The third-order valence-electron chi connectivity index (χ3n) is 1.76. The molecule has 0 aliphatic carbocycles. The number of aliphatic hydroxyl groups excluding tert-OH is 1. The van der Waals surface area contributed by atoms with Crippen molar-refractivity contribution in [2.24, 2.45) is 0 Å². The van der Waals surface area contributed by atoms with E-state index in [1.165, 1.54) is 0 Å². The fourth-order valence-corrected chi connectivity index (χ4v) is 1.15. The van der Waals surface area contributed by atoms with Crippen molar-refractivity contribution in [2.45, 2.75) is 18.7 Å². The molecule has 0 aromatic heterocycles. The summed E-state index contributed by atoms with van der Waals surface area (Å²) in [5.74, 6) is -2.38. The Morgan fingerprint density at radius 3 is 2.00 bits per heavy atom. The maximum absolute atomic E-state index is 12.9. The molecule has 0 amide bonds. The van der Waals surface area contributed by atoms with Crippen molar-refractivity contribution in [3.05, 3.63) is 35.4 Å². The van der Waals surface area contributed by atoms with E-state index in [0.29, 0.717) is 0 Å². The van der Waals surface area contributed by atoms with Gasteiger partial charge in [-0.25, -0.2) is 8.78 Å². The maximum atomic E-state index is 12.9. The lowest BCUT2D eigenvalue weighted by Gasteiger charge is -2.14. The number of hydrogen-bond acceptors (Lipinski definition) is 1. The van der Waals surface area contributed by atoms with Crippen LogP contribution in [0.1, 0.15) is 18.1 Å². The number of rotatable bonds is 2. The predicted molar refractivity (Wildman–Crippen MR) is 42.0 cm³/mol. The van der Waals surface area contributed by atoms with E-state index in [1.807, 2.05) is 0 Å². The van der Waals surface area contributed by atoms with Gasteiger partial charge in [0.05, 0.1) is 18.1 Å². The van der Waals surface area contributed by atoms with E-state index in [-0.39, 0.29) is 0 Å². The largest absolute Gasteiger partial charge is 0.391 e. The molecule has 84 valence electrons. The summed E-state index contributed by atoms with van der Waals surface area (Å²) in [6, 6.07) is 2.59. The van der Waals surface area contributed by atoms with Gasteiger partial charge in [-0.15, -0.1) is 0 Å². The molecule has 0 saturated heterocycles. The van der Waals surface area contributed by atoms with E-state index in [4.69, 9.17) is 5.11 Å². The molecule has 1 atom stereocenters. The predicted octanol–water partition coefficient (Wildman–Crippen LogP) is 2.95. The Balaban J connectivity index is 2.96. The molecule has 0 radical (unpaired) electrons. The van der Waals surface area contributed by atoms with Crippen molar-refractivity contribution in [3.8, 4) is 0 Å². The minimum absolute atomic E-state index is 0.790. The average molecular weight is 226 g/mol. The van der Waals surface area contributed by atoms with Gasteiger partial charge in [0.1, 0.15) is 11.6 Å². The highest BCUT2D eigenvalue weighted by molar-refractivity contribution is 5.22. The second kappa shape index (κ2) is 4.14. The molecule has 0 bridgehead atoms. The van der Waals surface area contributed by atoms with Gasteiger partial charge in [0.2, 0.25) is 0 Å². The van der Waals surface area contributed by atoms with Crippen molar-refractivity contribution < 1.29 is 27.1 Å². The third-order valence-corrected chi connectivity index (χ3v) is 1.76. The molecule has 1 aromatic carbocycles. The molecule has 1 unspecified atom stereocenters. The summed E-state index contributed by atoms with van der Waals surface area (Å²) in [6.07, 6.45) is -8.56. The summed E-state index contributed by atoms with van der Waals surface area (Å²) in [6.45, 7) is 0. The molecule has 1 rings (SSSR count). The van der Waals surface area contributed by atoms with Gasteiger partial charge in [-0.3, -0.25) is 0 Å². The van der Waals surface area contributed by atoms with Crippen LogP contribution >= 0.6 is 0 Å². The molecule has 0 heterocycles. The molecular formula is C9H7F5O. The van der Waals surface area contributed by atoms with Crippen molar-refractivity contribution in [1.82, 2.24) is 0 Å². The lowest BCUT2D eigenvalue weighted by molar-refractivity contribution is -0.154. The van der Waals surface area contributed by atoms with E-state index in [2.05, 4.69) is 0 Å². The smallest absolute Gasteiger partial charge is 0.388 e. The van der Waals surface area contributed by atoms with E-state index in [9.17, 15) is 22.0 Å². The Morgan fingerprint density at radius 2 is 1.60 bits per heavy atom. The summed E-state index contributed by atoms with van der Waals surface area (Å²) in [4.78, 5) is 0. The normalized spacial score (nSPS) is 14.0. The van der Waals surface area contributed by atoms with Crippen LogP contribution in [0.4, 0.5) is 22.0 Å². The molecule has 0 fully saturated rings. The Kier molecular flexibility index (Phi) is 3.28. The number of benzene rings is 1. The van der Waals surface area contributed by atoms with Gasteiger partial charge in [0.25, 0.3) is 0 Å². The first kappa shape index (κ1) is 11.9. The van der Waals surface area contributed by atoms with Crippen LogP contribution in [0.25, 0.3) is 0 Å². The van der Waals surface area contributed by atoms with E-state index in [1.54, 1.807) is 0 Å². The highest BCUT2D eigenvalue weighted by atomic mass is 19.4. The van der Waals surface area contributed by atoms with Gasteiger partial charge in [0.15, 0.2) is 0 Å². The summed E-state index contributed by atoms with van der Waals surface area (Å²) < 4.78 is 61.4.